The number of piperazine rings is 1. The van der Waals surface area contributed by atoms with E-state index in [2.05, 4.69) is 68.9 Å². The molecule has 252 valence electrons. The van der Waals surface area contributed by atoms with Gasteiger partial charge in [-0.25, -0.2) is 14.4 Å². The van der Waals surface area contributed by atoms with Crippen LogP contribution < -0.4 is 20.7 Å². The largest absolute Gasteiger partial charge is 0.438 e. The zero-order valence-electron chi connectivity index (χ0n) is 27.7. The van der Waals surface area contributed by atoms with Crippen LogP contribution >= 0.6 is 11.3 Å². The lowest BCUT2D eigenvalue weighted by atomic mass is 9.91. The van der Waals surface area contributed by atoms with Crippen LogP contribution in [0.5, 0.6) is 11.6 Å². The van der Waals surface area contributed by atoms with Gasteiger partial charge in [-0.2, -0.15) is 0 Å². The van der Waals surface area contributed by atoms with Crippen LogP contribution in [0, 0.1) is 5.82 Å². The molecule has 0 bridgehead atoms. The molecule has 1 saturated heterocycles. The summed E-state index contributed by atoms with van der Waals surface area (Å²) >= 11 is 1.49. The molecule has 4 aromatic rings. The van der Waals surface area contributed by atoms with Gasteiger partial charge >= 0.3 is 0 Å². The first-order valence-corrected chi connectivity index (χ1v) is 17.7. The summed E-state index contributed by atoms with van der Waals surface area (Å²) in [4.78, 5) is 37.0. The first-order chi connectivity index (χ1) is 23.2. The molecule has 0 unspecified atom stereocenters. The zero-order chi connectivity index (χ0) is 33.6. The molecular weight excluding hydrogens is 628 g/mol. The number of halogens is 1. The van der Waals surface area contributed by atoms with Crippen molar-refractivity contribution < 1.29 is 18.7 Å². The van der Waals surface area contributed by atoms with Crippen LogP contribution in [0.15, 0.2) is 66.2 Å². The number of benzene rings is 2. The Morgan fingerprint density at radius 2 is 1.65 bits per heavy atom. The van der Waals surface area contributed by atoms with Crippen LogP contribution in [-0.2, 0) is 13.0 Å². The molecule has 1 saturated carbocycles. The maximum Gasteiger partial charge on any atom is 0.270 e. The van der Waals surface area contributed by atoms with Gasteiger partial charge < -0.3 is 20.7 Å². The SMILES string of the molecule is CCc1nc(C(=O)NC2CCC(NC(=O)c3cc(F)cnc3Oc3cccc(-c4ccc(CN5C[C@@H](C)N[C@@H](C)C5)cc4)c3)CC2)cs1. The van der Waals surface area contributed by atoms with Gasteiger partial charge in [0.1, 0.15) is 22.8 Å². The monoisotopic (exact) mass is 670 g/mol. The Balaban J connectivity index is 1.05. The Hall–Kier alpha value is -4.19. The molecule has 2 amide bonds. The van der Waals surface area contributed by atoms with Crippen molar-refractivity contribution in [1.82, 2.24) is 30.8 Å². The number of hydrogen-bond acceptors (Lipinski definition) is 8. The summed E-state index contributed by atoms with van der Waals surface area (Å²) in [7, 11) is 0. The van der Waals surface area contributed by atoms with Gasteiger partial charge in [-0.3, -0.25) is 14.5 Å². The Morgan fingerprint density at radius 3 is 2.31 bits per heavy atom. The molecule has 6 rings (SSSR count). The van der Waals surface area contributed by atoms with E-state index >= 15 is 0 Å². The predicted octanol–water partition coefficient (Wildman–Crippen LogP) is 6.35. The molecule has 2 aromatic heterocycles. The molecular formula is C37H43FN6O3S. The molecule has 1 aliphatic heterocycles. The van der Waals surface area contributed by atoms with Gasteiger partial charge in [0.25, 0.3) is 11.8 Å². The normalized spacial score (nSPS) is 21.4. The van der Waals surface area contributed by atoms with E-state index in [0.717, 1.165) is 54.5 Å². The highest BCUT2D eigenvalue weighted by atomic mass is 32.1. The highest BCUT2D eigenvalue weighted by molar-refractivity contribution is 7.09. The van der Waals surface area contributed by atoms with Crippen LogP contribution in [0.2, 0.25) is 0 Å². The van der Waals surface area contributed by atoms with Gasteiger partial charge in [0, 0.05) is 49.2 Å². The van der Waals surface area contributed by atoms with Gasteiger partial charge in [-0.05, 0) is 80.8 Å². The number of amides is 2. The number of thiazole rings is 1. The van der Waals surface area contributed by atoms with E-state index in [1.54, 1.807) is 11.4 Å². The fourth-order valence-corrected chi connectivity index (χ4v) is 7.36. The molecule has 2 atom stereocenters. The molecule has 3 heterocycles. The van der Waals surface area contributed by atoms with Crippen molar-refractivity contribution in [2.75, 3.05) is 13.1 Å². The minimum absolute atomic E-state index is 0.00971. The number of carbonyl (C=O) groups excluding carboxylic acids is 2. The fourth-order valence-electron chi connectivity index (χ4n) is 6.63. The summed E-state index contributed by atoms with van der Waals surface area (Å²) in [5, 5.41) is 12.4. The molecule has 0 radical (unpaired) electrons. The van der Waals surface area contributed by atoms with Crippen molar-refractivity contribution in [3.05, 3.63) is 93.8 Å². The molecule has 2 fully saturated rings. The topological polar surface area (TPSA) is 108 Å². The second-order valence-corrected chi connectivity index (χ2v) is 13.9. The first kappa shape index (κ1) is 33.7. The van der Waals surface area contributed by atoms with Crippen LogP contribution in [0.4, 0.5) is 4.39 Å². The Bertz CT molecular complexity index is 1710. The Kier molecular flexibility index (Phi) is 10.8. The summed E-state index contributed by atoms with van der Waals surface area (Å²) in [6, 6.07) is 18.1. The van der Waals surface area contributed by atoms with E-state index in [4.69, 9.17) is 4.74 Å². The highest BCUT2D eigenvalue weighted by Gasteiger charge is 2.27. The summed E-state index contributed by atoms with van der Waals surface area (Å²) in [5.41, 5.74) is 3.75. The van der Waals surface area contributed by atoms with Gasteiger partial charge in [-0.15, -0.1) is 11.3 Å². The second kappa shape index (κ2) is 15.4. The van der Waals surface area contributed by atoms with Crippen molar-refractivity contribution in [2.24, 2.45) is 0 Å². The minimum atomic E-state index is -0.620. The molecule has 0 spiro atoms. The smallest absolute Gasteiger partial charge is 0.270 e. The van der Waals surface area contributed by atoms with E-state index in [0.29, 0.717) is 49.2 Å². The highest BCUT2D eigenvalue weighted by Crippen LogP contribution is 2.29. The van der Waals surface area contributed by atoms with Crippen molar-refractivity contribution in [3.8, 4) is 22.8 Å². The maximum absolute atomic E-state index is 14.3. The van der Waals surface area contributed by atoms with Crippen molar-refractivity contribution in [1.29, 1.82) is 0 Å². The third-order valence-electron chi connectivity index (χ3n) is 8.92. The number of aromatic nitrogens is 2. The molecule has 48 heavy (non-hydrogen) atoms. The van der Waals surface area contributed by atoms with Crippen LogP contribution in [0.3, 0.4) is 0 Å². The second-order valence-electron chi connectivity index (χ2n) is 13.0. The van der Waals surface area contributed by atoms with Crippen LogP contribution in [0.1, 0.15) is 77.9 Å². The lowest BCUT2D eigenvalue weighted by Crippen LogP contribution is -2.53. The Labute approximate surface area is 285 Å². The van der Waals surface area contributed by atoms with E-state index in [1.807, 2.05) is 25.1 Å². The molecule has 3 N–H and O–H groups in total. The van der Waals surface area contributed by atoms with Gasteiger partial charge in [0.2, 0.25) is 5.88 Å². The van der Waals surface area contributed by atoms with E-state index in [9.17, 15) is 14.0 Å². The summed E-state index contributed by atoms with van der Waals surface area (Å²) in [6.45, 7) is 9.42. The number of nitrogens with one attached hydrogen (secondary N) is 3. The average molecular weight is 671 g/mol. The van der Waals surface area contributed by atoms with Crippen molar-refractivity contribution >= 4 is 23.2 Å². The van der Waals surface area contributed by atoms with Crippen LogP contribution in [0.25, 0.3) is 11.1 Å². The summed E-state index contributed by atoms with van der Waals surface area (Å²) in [5.74, 6) is -0.695. The van der Waals surface area contributed by atoms with Gasteiger partial charge in [-0.1, -0.05) is 43.3 Å². The maximum atomic E-state index is 14.3. The number of nitrogens with zero attached hydrogens (tertiary/aromatic N) is 3. The number of hydrogen-bond donors (Lipinski definition) is 3. The quantitative estimate of drug-likeness (QED) is 0.180. The molecule has 2 aliphatic rings. The number of rotatable bonds is 10. The number of aryl methyl sites for hydroxylation is 1. The van der Waals surface area contributed by atoms with Crippen molar-refractivity contribution in [2.45, 2.75) is 83.6 Å². The number of pyridine rings is 1. The third kappa shape index (κ3) is 8.63. The molecule has 1 aliphatic carbocycles. The summed E-state index contributed by atoms with van der Waals surface area (Å²) in [6.07, 6.45) is 4.65. The minimum Gasteiger partial charge on any atom is -0.438 e. The number of carbonyl (C=O) groups is 2. The van der Waals surface area contributed by atoms with E-state index in [-0.39, 0.29) is 29.4 Å². The van der Waals surface area contributed by atoms with Crippen LogP contribution in [-0.4, -0.2) is 63.9 Å². The zero-order valence-corrected chi connectivity index (χ0v) is 28.5. The van der Waals surface area contributed by atoms with Gasteiger partial charge in [0.05, 0.1) is 11.2 Å². The standard InChI is InChI=1S/C37H43FN6O3S/c1-4-34-43-33(22-48-34)36(46)42-30-14-12-29(13-15-30)41-35(45)32-17-28(38)18-39-37(32)47-31-7-5-6-27(16-31)26-10-8-25(9-11-26)21-44-19-23(2)40-24(3)20-44/h5-11,16-18,22-24,29-30,40H,4,12-15,19-21H2,1-3H3,(H,41,45)(H,42,46)/t23-,24+,29?,30?. The third-order valence-corrected chi connectivity index (χ3v) is 9.92. The molecule has 2 aromatic carbocycles. The van der Waals surface area contributed by atoms with Gasteiger partial charge in [0.15, 0.2) is 0 Å². The fraction of sp³-hybridized carbons (Fsp3) is 0.405. The lowest BCUT2D eigenvalue weighted by Gasteiger charge is -2.36. The predicted molar refractivity (Wildman–Crippen MR) is 186 cm³/mol. The summed E-state index contributed by atoms with van der Waals surface area (Å²) < 4.78 is 20.4. The van der Waals surface area contributed by atoms with E-state index in [1.165, 1.54) is 16.9 Å². The number of ether oxygens (including phenoxy) is 1. The lowest BCUT2D eigenvalue weighted by molar-refractivity contribution is 0.0888. The first-order valence-electron chi connectivity index (χ1n) is 16.8. The van der Waals surface area contributed by atoms with Crippen molar-refractivity contribution in [3.63, 3.8) is 0 Å². The molecule has 11 heteroatoms. The van der Waals surface area contributed by atoms with E-state index < -0.39 is 11.7 Å². The molecule has 9 nitrogen and oxygen atoms in total. The Morgan fingerprint density at radius 1 is 0.958 bits per heavy atom. The average Bonchev–Trinajstić information content (AvgIpc) is 3.56.